The number of carbonyl (C=O) groups excluding carboxylic acids is 1. The van der Waals surface area contributed by atoms with Crippen LogP contribution in [0.15, 0.2) is 24.3 Å². The number of hydrogen-bond donors (Lipinski definition) is 1. The SMILES string of the molecule is Cc1nc(-c2ccccc2CN)c(OC=O)s1. The summed E-state index contributed by atoms with van der Waals surface area (Å²) in [6.45, 7) is 2.71. The van der Waals surface area contributed by atoms with Gasteiger partial charge in [0.05, 0.1) is 5.01 Å². The third-order valence-corrected chi connectivity index (χ3v) is 3.21. The molecule has 88 valence electrons. The Hall–Kier alpha value is -1.72. The van der Waals surface area contributed by atoms with E-state index in [1.165, 1.54) is 11.3 Å². The van der Waals surface area contributed by atoms with Gasteiger partial charge in [-0.15, -0.1) is 0 Å². The summed E-state index contributed by atoms with van der Waals surface area (Å²) in [5.74, 6) is 0. The van der Waals surface area contributed by atoms with Crippen LogP contribution in [0.5, 0.6) is 5.06 Å². The van der Waals surface area contributed by atoms with Crippen LogP contribution in [0.25, 0.3) is 11.3 Å². The first-order valence-electron chi connectivity index (χ1n) is 5.12. The van der Waals surface area contributed by atoms with Crippen molar-refractivity contribution in [3.8, 4) is 16.3 Å². The van der Waals surface area contributed by atoms with Gasteiger partial charge in [-0.05, 0) is 12.5 Å². The van der Waals surface area contributed by atoms with Crippen molar-refractivity contribution in [2.45, 2.75) is 13.5 Å². The van der Waals surface area contributed by atoms with E-state index in [1.54, 1.807) is 0 Å². The number of hydrogen-bond acceptors (Lipinski definition) is 5. The van der Waals surface area contributed by atoms with Gasteiger partial charge in [-0.1, -0.05) is 35.6 Å². The normalized spacial score (nSPS) is 10.2. The number of nitrogens with two attached hydrogens (primary N) is 1. The summed E-state index contributed by atoms with van der Waals surface area (Å²) in [4.78, 5) is 14.8. The van der Waals surface area contributed by atoms with Crippen molar-refractivity contribution >= 4 is 17.8 Å². The Morgan fingerprint density at radius 3 is 2.94 bits per heavy atom. The van der Waals surface area contributed by atoms with Gasteiger partial charge in [-0.2, -0.15) is 0 Å². The van der Waals surface area contributed by atoms with Crippen molar-refractivity contribution < 1.29 is 9.53 Å². The molecular formula is C12H12N2O2S. The van der Waals surface area contributed by atoms with Crippen molar-refractivity contribution in [3.05, 3.63) is 34.8 Å². The van der Waals surface area contributed by atoms with Gasteiger partial charge in [0.1, 0.15) is 5.69 Å². The molecule has 2 N–H and O–H groups in total. The number of rotatable bonds is 4. The number of carbonyl (C=O) groups is 1. The Morgan fingerprint density at radius 1 is 1.47 bits per heavy atom. The van der Waals surface area contributed by atoms with Crippen LogP contribution in [0, 0.1) is 6.92 Å². The van der Waals surface area contributed by atoms with Crippen LogP contribution in [0.3, 0.4) is 0 Å². The van der Waals surface area contributed by atoms with Crippen LogP contribution < -0.4 is 10.5 Å². The second-order valence-corrected chi connectivity index (χ2v) is 4.61. The number of ether oxygens (including phenoxy) is 1. The van der Waals surface area contributed by atoms with E-state index in [0.717, 1.165) is 16.1 Å². The Labute approximate surface area is 103 Å². The van der Waals surface area contributed by atoms with Crippen LogP contribution >= 0.6 is 11.3 Å². The summed E-state index contributed by atoms with van der Waals surface area (Å²) in [6, 6.07) is 7.70. The molecule has 1 aromatic heterocycles. The molecule has 0 saturated heterocycles. The summed E-state index contributed by atoms with van der Waals surface area (Å²) in [5.41, 5.74) is 8.26. The van der Waals surface area contributed by atoms with Crippen LogP contribution in [-0.2, 0) is 11.3 Å². The summed E-state index contributed by atoms with van der Waals surface area (Å²) in [5, 5.41) is 1.36. The molecule has 0 amide bonds. The Kier molecular flexibility index (Phi) is 3.51. The molecule has 0 aliphatic carbocycles. The lowest BCUT2D eigenvalue weighted by atomic mass is 10.1. The highest BCUT2D eigenvalue weighted by atomic mass is 32.1. The second kappa shape index (κ2) is 5.07. The lowest BCUT2D eigenvalue weighted by Crippen LogP contribution is -1.99. The zero-order valence-electron chi connectivity index (χ0n) is 9.34. The minimum atomic E-state index is 0.418. The maximum absolute atomic E-state index is 10.5. The number of thiazole rings is 1. The van der Waals surface area contributed by atoms with Gasteiger partial charge in [-0.25, -0.2) is 4.98 Å². The van der Waals surface area contributed by atoms with Gasteiger partial charge in [-0.3, -0.25) is 4.79 Å². The van der Waals surface area contributed by atoms with Gasteiger partial charge >= 0.3 is 0 Å². The molecule has 5 heteroatoms. The molecule has 2 aromatic rings. The van der Waals surface area contributed by atoms with Gasteiger partial charge in [0.2, 0.25) is 5.06 Å². The van der Waals surface area contributed by atoms with Crippen molar-refractivity contribution in [1.29, 1.82) is 0 Å². The van der Waals surface area contributed by atoms with Crippen LogP contribution in [-0.4, -0.2) is 11.5 Å². The fourth-order valence-electron chi connectivity index (χ4n) is 1.63. The van der Waals surface area contributed by atoms with Gasteiger partial charge in [0, 0.05) is 12.1 Å². The van der Waals surface area contributed by atoms with E-state index in [9.17, 15) is 4.79 Å². The van der Waals surface area contributed by atoms with E-state index >= 15 is 0 Å². The van der Waals surface area contributed by atoms with E-state index in [1.807, 2.05) is 31.2 Å². The molecule has 2 rings (SSSR count). The lowest BCUT2D eigenvalue weighted by Gasteiger charge is -2.05. The first-order chi connectivity index (χ1) is 8.26. The van der Waals surface area contributed by atoms with E-state index in [4.69, 9.17) is 10.5 Å². The predicted molar refractivity (Wildman–Crippen MR) is 66.9 cm³/mol. The average Bonchev–Trinajstić information content (AvgIpc) is 2.71. The molecule has 0 aliphatic rings. The Balaban J connectivity index is 2.55. The zero-order chi connectivity index (χ0) is 12.3. The average molecular weight is 248 g/mol. The lowest BCUT2D eigenvalue weighted by molar-refractivity contribution is -0.120. The van der Waals surface area contributed by atoms with Crippen molar-refractivity contribution in [2.75, 3.05) is 0 Å². The molecule has 0 aliphatic heterocycles. The fraction of sp³-hybridized carbons (Fsp3) is 0.167. The third kappa shape index (κ3) is 2.35. The minimum absolute atomic E-state index is 0.418. The number of aromatic nitrogens is 1. The summed E-state index contributed by atoms with van der Waals surface area (Å²) in [6.07, 6.45) is 0. The summed E-state index contributed by atoms with van der Waals surface area (Å²) in [7, 11) is 0. The van der Waals surface area contributed by atoms with Crippen molar-refractivity contribution in [2.24, 2.45) is 5.73 Å². The Bertz CT molecular complexity index is 537. The molecule has 4 nitrogen and oxygen atoms in total. The van der Waals surface area contributed by atoms with Gasteiger partial charge in [0.25, 0.3) is 6.47 Å². The first kappa shape index (κ1) is 11.8. The van der Waals surface area contributed by atoms with E-state index < -0.39 is 0 Å². The molecule has 0 atom stereocenters. The fourth-order valence-corrected chi connectivity index (χ4v) is 2.38. The van der Waals surface area contributed by atoms with Crippen LogP contribution in [0.4, 0.5) is 0 Å². The molecular weight excluding hydrogens is 236 g/mol. The highest BCUT2D eigenvalue weighted by molar-refractivity contribution is 7.14. The Morgan fingerprint density at radius 2 is 2.24 bits per heavy atom. The van der Waals surface area contributed by atoms with Crippen molar-refractivity contribution in [3.63, 3.8) is 0 Å². The molecule has 1 aromatic carbocycles. The smallest absolute Gasteiger partial charge is 0.299 e. The molecule has 0 radical (unpaired) electrons. The quantitative estimate of drug-likeness (QED) is 0.842. The van der Waals surface area contributed by atoms with Crippen molar-refractivity contribution in [1.82, 2.24) is 4.98 Å². The van der Waals surface area contributed by atoms with Crippen LogP contribution in [0.1, 0.15) is 10.6 Å². The maximum Gasteiger partial charge on any atom is 0.299 e. The maximum atomic E-state index is 10.5. The number of aryl methyl sites for hydroxylation is 1. The monoisotopic (exact) mass is 248 g/mol. The highest BCUT2D eigenvalue weighted by Gasteiger charge is 2.15. The van der Waals surface area contributed by atoms with E-state index in [-0.39, 0.29) is 0 Å². The standard InChI is InChI=1S/C12H12N2O2S/c1-8-14-11(12(17-8)16-7-15)10-5-3-2-4-9(10)6-13/h2-5,7H,6,13H2,1H3. The first-order valence-corrected chi connectivity index (χ1v) is 5.94. The number of nitrogens with zero attached hydrogens (tertiary/aromatic N) is 1. The van der Waals surface area contributed by atoms with Crippen LogP contribution in [0.2, 0.25) is 0 Å². The molecule has 0 saturated carbocycles. The zero-order valence-corrected chi connectivity index (χ0v) is 10.2. The molecule has 17 heavy (non-hydrogen) atoms. The van der Waals surface area contributed by atoms with Gasteiger partial charge in [0.15, 0.2) is 0 Å². The molecule has 0 fully saturated rings. The summed E-state index contributed by atoms with van der Waals surface area (Å²) < 4.78 is 4.95. The number of benzene rings is 1. The summed E-state index contributed by atoms with van der Waals surface area (Å²) >= 11 is 1.35. The van der Waals surface area contributed by atoms with E-state index in [2.05, 4.69) is 4.98 Å². The highest BCUT2D eigenvalue weighted by Crippen LogP contribution is 2.36. The minimum Gasteiger partial charge on any atom is -0.415 e. The predicted octanol–water partition coefficient (Wildman–Crippen LogP) is 2.11. The molecule has 0 unspecified atom stereocenters. The molecule has 0 spiro atoms. The largest absolute Gasteiger partial charge is 0.415 e. The topological polar surface area (TPSA) is 65.2 Å². The molecule has 1 heterocycles. The molecule has 0 bridgehead atoms. The second-order valence-electron chi connectivity index (χ2n) is 3.44. The third-order valence-electron chi connectivity index (χ3n) is 2.35. The van der Waals surface area contributed by atoms with E-state index in [0.29, 0.717) is 23.8 Å². The van der Waals surface area contributed by atoms with Gasteiger partial charge < -0.3 is 10.5 Å².